The number of aryl methyl sites for hydroxylation is 1. The molecule has 0 spiro atoms. The maximum Gasteiger partial charge on any atom is 0.257 e. The minimum atomic E-state index is 0.110. The summed E-state index contributed by atoms with van der Waals surface area (Å²) in [5, 5.41) is 0. The molecule has 1 amide bonds. The van der Waals surface area contributed by atoms with E-state index in [-0.39, 0.29) is 5.91 Å². The lowest BCUT2D eigenvalue weighted by Crippen LogP contribution is -2.48. The Morgan fingerprint density at radius 3 is 2.31 bits per heavy atom. The van der Waals surface area contributed by atoms with E-state index in [1.165, 1.54) is 11.1 Å². The summed E-state index contributed by atoms with van der Waals surface area (Å²) in [5.41, 5.74) is 3.43. The minimum Gasteiger partial charge on any atom is -0.381 e. The zero-order chi connectivity index (χ0) is 19.8. The summed E-state index contributed by atoms with van der Waals surface area (Å²) in [6.07, 6.45) is 9.78. The van der Waals surface area contributed by atoms with Gasteiger partial charge in [-0.2, -0.15) is 0 Å². The van der Waals surface area contributed by atoms with Crippen molar-refractivity contribution in [2.45, 2.75) is 69.4 Å². The molecule has 5 rings (SSSR count). The molecule has 29 heavy (non-hydrogen) atoms. The number of hydrogen-bond donors (Lipinski definition) is 0. The highest BCUT2D eigenvalue weighted by molar-refractivity contribution is 5.94. The third-order valence-electron chi connectivity index (χ3n) is 6.81. The van der Waals surface area contributed by atoms with Crippen LogP contribution >= 0.6 is 0 Å². The summed E-state index contributed by atoms with van der Waals surface area (Å²) in [6.45, 7) is 3.73. The number of carbonyl (C=O) groups excluding carboxylic acids is 1. The van der Waals surface area contributed by atoms with Crippen LogP contribution in [0.3, 0.4) is 0 Å². The van der Waals surface area contributed by atoms with Gasteiger partial charge in [-0.25, -0.2) is 9.97 Å². The predicted molar refractivity (Wildman–Crippen MR) is 111 cm³/mol. The van der Waals surface area contributed by atoms with Crippen LogP contribution < -0.4 is 0 Å². The fourth-order valence-corrected chi connectivity index (χ4v) is 4.86. The highest BCUT2D eigenvalue weighted by Crippen LogP contribution is 2.44. The van der Waals surface area contributed by atoms with Gasteiger partial charge in [-0.3, -0.25) is 4.79 Å². The number of rotatable bonds is 5. The molecule has 5 heteroatoms. The van der Waals surface area contributed by atoms with Crippen molar-refractivity contribution in [3.8, 4) is 0 Å². The average Bonchev–Trinajstić information content (AvgIpc) is 3.57. The van der Waals surface area contributed by atoms with Gasteiger partial charge in [-0.1, -0.05) is 24.3 Å². The molecule has 2 heterocycles. The Morgan fingerprint density at radius 1 is 0.966 bits per heavy atom. The molecular weight excluding hydrogens is 362 g/mol. The first-order valence-electron chi connectivity index (χ1n) is 11.0. The van der Waals surface area contributed by atoms with Gasteiger partial charge in [0, 0.05) is 43.6 Å². The molecule has 0 radical (unpaired) electrons. The summed E-state index contributed by atoms with van der Waals surface area (Å²) in [5.74, 6) is 1.89. The van der Waals surface area contributed by atoms with Crippen molar-refractivity contribution in [2.24, 2.45) is 0 Å². The van der Waals surface area contributed by atoms with Crippen LogP contribution in [-0.2, 0) is 4.74 Å². The Bertz CT molecular complexity index is 866. The normalized spacial score (nSPS) is 24.7. The number of nitrogens with zero attached hydrogens (tertiary/aromatic N) is 3. The van der Waals surface area contributed by atoms with Crippen LogP contribution in [0.1, 0.15) is 77.7 Å². The molecule has 1 aliphatic heterocycles. The fraction of sp³-hybridized carbons (Fsp3) is 0.542. The third kappa shape index (κ3) is 3.80. The molecule has 3 aliphatic rings. The van der Waals surface area contributed by atoms with Crippen LogP contribution in [0, 0.1) is 6.92 Å². The number of hydrogen-bond acceptors (Lipinski definition) is 4. The number of benzene rings is 1. The average molecular weight is 392 g/mol. The second-order valence-electron chi connectivity index (χ2n) is 8.84. The van der Waals surface area contributed by atoms with Crippen LogP contribution in [0.2, 0.25) is 0 Å². The van der Waals surface area contributed by atoms with Crippen molar-refractivity contribution in [1.29, 1.82) is 0 Å². The lowest BCUT2D eigenvalue weighted by Gasteiger charge is -2.44. The lowest BCUT2D eigenvalue weighted by atomic mass is 9.73. The number of carbonyl (C=O) groups is 1. The summed E-state index contributed by atoms with van der Waals surface area (Å²) >= 11 is 0. The zero-order valence-corrected chi connectivity index (χ0v) is 17.1. The molecule has 0 N–H and O–H groups in total. The van der Waals surface area contributed by atoms with E-state index >= 15 is 0 Å². The Hall–Kier alpha value is -2.27. The quantitative estimate of drug-likeness (QED) is 0.765. The van der Waals surface area contributed by atoms with Gasteiger partial charge in [0.1, 0.15) is 5.82 Å². The molecule has 2 aromatic rings. The third-order valence-corrected chi connectivity index (χ3v) is 6.81. The SMILES string of the molecule is Cc1ccccc1C1CC(N(C(=O)c2cnc(C3CCOCC3)nc2)C2CC2)C1. The van der Waals surface area contributed by atoms with Crippen molar-refractivity contribution >= 4 is 5.91 Å². The smallest absolute Gasteiger partial charge is 0.257 e. The summed E-state index contributed by atoms with van der Waals surface area (Å²) in [4.78, 5) is 24.5. The van der Waals surface area contributed by atoms with E-state index < -0.39 is 0 Å². The molecule has 2 aliphatic carbocycles. The first-order chi connectivity index (χ1) is 14.2. The largest absolute Gasteiger partial charge is 0.381 e. The van der Waals surface area contributed by atoms with E-state index in [4.69, 9.17) is 4.74 Å². The van der Waals surface area contributed by atoms with Crippen molar-refractivity contribution in [3.05, 3.63) is 59.2 Å². The minimum absolute atomic E-state index is 0.110. The molecule has 1 aromatic heterocycles. The van der Waals surface area contributed by atoms with Gasteiger partial charge < -0.3 is 9.64 Å². The lowest BCUT2D eigenvalue weighted by molar-refractivity contribution is 0.0515. The molecule has 3 fully saturated rings. The van der Waals surface area contributed by atoms with Gasteiger partial charge in [0.15, 0.2) is 0 Å². The van der Waals surface area contributed by atoms with Gasteiger partial charge >= 0.3 is 0 Å². The number of ether oxygens (including phenoxy) is 1. The van der Waals surface area contributed by atoms with Crippen molar-refractivity contribution in [1.82, 2.24) is 14.9 Å². The van der Waals surface area contributed by atoms with Gasteiger partial charge in [-0.15, -0.1) is 0 Å². The Morgan fingerprint density at radius 2 is 1.66 bits per heavy atom. The molecular formula is C24H29N3O2. The first-order valence-corrected chi connectivity index (χ1v) is 11.0. The topological polar surface area (TPSA) is 55.3 Å². The fourth-order valence-electron chi connectivity index (χ4n) is 4.86. The van der Waals surface area contributed by atoms with Crippen LogP contribution in [0.5, 0.6) is 0 Å². The maximum atomic E-state index is 13.3. The second kappa shape index (κ2) is 7.86. The molecule has 0 unspecified atom stereocenters. The van der Waals surface area contributed by atoms with Crippen molar-refractivity contribution in [2.75, 3.05) is 13.2 Å². The van der Waals surface area contributed by atoms with Gasteiger partial charge in [0.05, 0.1) is 5.56 Å². The molecule has 0 bridgehead atoms. The van der Waals surface area contributed by atoms with E-state index in [9.17, 15) is 4.79 Å². The van der Waals surface area contributed by atoms with Gasteiger partial charge in [0.25, 0.3) is 5.91 Å². The van der Waals surface area contributed by atoms with Crippen molar-refractivity contribution < 1.29 is 9.53 Å². The maximum absolute atomic E-state index is 13.3. The van der Waals surface area contributed by atoms with E-state index in [2.05, 4.69) is 46.1 Å². The predicted octanol–water partition coefficient (Wildman–Crippen LogP) is 4.23. The van der Waals surface area contributed by atoms with E-state index in [0.717, 1.165) is 57.6 Å². The summed E-state index contributed by atoms with van der Waals surface area (Å²) in [6, 6.07) is 9.39. The van der Waals surface area contributed by atoms with Crippen LogP contribution in [-0.4, -0.2) is 46.1 Å². The van der Waals surface area contributed by atoms with E-state index in [1.807, 2.05) is 0 Å². The zero-order valence-electron chi connectivity index (χ0n) is 17.1. The van der Waals surface area contributed by atoms with Gasteiger partial charge in [-0.05, 0) is 62.5 Å². The van der Waals surface area contributed by atoms with Gasteiger partial charge in [0.2, 0.25) is 0 Å². The molecule has 5 nitrogen and oxygen atoms in total. The van der Waals surface area contributed by atoms with E-state index in [1.54, 1.807) is 12.4 Å². The highest BCUT2D eigenvalue weighted by Gasteiger charge is 2.44. The summed E-state index contributed by atoms with van der Waals surface area (Å²) < 4.78 is 5.42. The van der Waals surface area contributed by atoms with Crippen LogP contribution in [0.25, 0.3) is 0 Å². The Kier molecular flexibility index (Phi) is 5.08. The van der Waals surface area contributed by atoms with Crippen LogP contribution in [0.15, 0.2) is 36.7 Å². The molecule has 1 aromatic carbocycles. The number of amides is 1. The Labute approximate surface area is 172 Å². The second-order valence-corrected chi connectivity index (χ2v) is 8.84. The molecule has 0 atom stereocenters. The molecule has 152 valence electrons. The standard InChI is InChI=1S/C24H29N3O2/c1-16-4-2-3-5-22(16)18-12-21(13-18)27(20-6-7-20)24(28)19-14-25-23(26-15-19)17-8-10-29-11-9-17/h2-5,14-15,17-18,20-21H,6-13H2,1H3. The monoisotopic (exact) mass is 391 g/mol. The summed E-state index contributed by atoms with van der Waals surface area (Å²) in [7, 11) is 0. The molecule has 2 saturated carbocycles. The van der Waals surface area contributed by atoms with E-state index in [0.29, 0.717) is 29.5 Å². The first kappa shape index (κ1) is 18.7. The van der Waals surface area contributed by atoms with Crippen LogP contribution in [0.4, 0.5) is 0 Å². The highest BCUT2D eigenvalue weighted by atomic mass is 16.5. The van der Waals surface area contributed by atoms with Crippen molar-refractivity contribution in [3.63, 3.8) is 0 Å². The Balaban J connectivity index is 1.27. The number of aromatic nitrogens is 2. The molecule has 1 saturated heterocycles.